The summed E-state index contributed by atoms with van der Waals surface area (Å²) >= 11 is 0. The lowest BCUT2D eigenvalue weighted by Crippen LogP contribution is -2.40. The summed E-state index contributed by atoms with van der Waals surface area (Å²) in [6.07, 6.45) is 3.66. The fourth-order valence-corrected chi connectivity index (χ4v) is 2.47. The Hall–Kier alpha value is -0.0800. The van der Waals surface area contributed by atoms with Gasteiger partial charge in [0, 0.05) is 39.9 Å². The molecule has 0 bridgehead atoms. The lowest BCUT2D eigenvalue weighted by Gasteiger charge is -2.27. The van der Waals surface area contributed by atoms with Gasteiger partial charge in [-0.3, -0.25) is 4.99 Å². The van der Waals surface area contributed by atoms with Gasteiger partial charge in [0.05, 0.1) is 6.54 Å². The molecule has 0 saturated carbocycles. The molecule has 1 aliphatic rings. The summed E-state index contributed by atoms with van der Waals surface area (Å²) in [6, 6.07) is 0. The minimum atomic E-state index is 0. The van der Waals surface area contributed by atoms with Crippen LogP contribution in [-0.2, 0) is 4.74 Å². The van der Waals surface area contributed by atoms with E-state index >= 15 is 0 Å². The van der Waals surface area contributed by atoms with Crippen molar-refractivity contribution in [3.63, 3.8) is 0 Å². The molecule has 1 rings (SSSR count). The van der Waals surface area contributed by atoms with Gasteiger partial charge in [-0.25, -0.2) is 0 Å². The van der Waals surface area contributed by atoms with Crippen LogP contribution >= 0.6 is 24.0 Å². The minimum Gasteiger partial charge on any atom is -0.381 e. The van der Waals surface area contributed by atoms with E-state index in [1.54, 1.807) is 0 Å². The Kier molecular flexibility index (Phi) is 13.3. The molecule has 5 nitrogen and oxygen atoms in total. The van der Waals surface area contributed by atoms with Crippen LogP contribution in [0, 0.1) is 5.92 Å². The zero-order valence-corrected chi connectivity index (χ0v) is 17.1. The number of nitrogens with one attached hydrogen (secondary N) is 1. The highest BCUT2D eigenvalue weighted by molar-refractivity contribution is 14.0. The first-order valence-electron chi connectivity index (χ1n) is 8.43. The van der Waals surface area contributed by atoms with Crippen LogP contribution in [0.4, 0.5) is 0 Å². The van der Waals surface area contributed by atoms with Crippen molar-refractivity contribution >= 4 is 29.9 Å². The molecule has 132 valence electrons. The van der Waals surface area contributed by atoms with Crippen molar-refractivity contribution in [3.8, 4) is 0 Å². The average Bonchev–Trinajstić information content (AvgIpc) is 2.52. The third kappa shape index (κ3) is 9.15. The maximum absolute atomic E-state index is 5.42. The first-order valence-corrected chi connectivity index (χ1v) is 8.43. The highest BCUT2D eigenvalue weighted by Crippen LogP contribution is 2.18. The number of nitrogens with zero attached hydrogens (tertiary/aromatic N) is 3. The Morgan fingerprint density at radius 2 is 1.86 bits per heavy atom. The predicted octanol–water partition coefficient (Wildman–Crippen LogP) is 2.27. The molecule has 0 aliphatic carbocycles. The molecule has 0 aromatic rings. The predicted molar refractivity (Wildman–Crippen MR) is 105 cm³/mol. The van der Waals surface area contributed by atoms with E-state index in [1.165, 1.54) is 19.3 Å². The summed E-state index contributed by atoms with van der Waals surface area (Å²) in [5, 5.41) is 3.39. The molecule has 1 N–H and O–H groups in total. The van der Waals surface area contributed by atoms with Crippen molar-refractivity contribution in [3.05, 3.63) is 0 Å². The molecule has 22 heavy (non-hydrogen) atoms. The van der Waals surface area contributed by atoms with E-state index < -0.39 is 0 Å². The quantitative estimate of drug-likeness (QED) is 0.367. The van der Waals surface area contributed by atoms with Gasteiger partial charge in [0.25, 0.3) is 0 Å². The maximum atomic E-state index is 5.42. The first-order chi connectivity index (χ1) is 10.2. The molecule has 0 amide bonds. The second-order valence-corrected chi connectivity index (χ2v) is 5.90. The Bertz CT molecular complexity index is 296. The average molecular weight is 426 g/mol. The number of rotatable bonds is 8. The van der Waals surface area contributed by atoms with E-state index in [9.17, 15) is 0 Å². The third-order valence-electron chi connectivity index (χ3n) is 4.19. The number of halogens is 1. The standard InChI is InChI=1S/C16H34N4O.HI/c1-5-17-16(18-10-12-19(3)6-2)20(4)11-7-15-8-13-21-14-9-15;/h15H,5-14H2,1-4H3,(H,17,18);1H. The SMILES string of the molecule is CCNC(=NCCN(C)CC)N(C)CCC1CCOCC1.I. The zero-order chi connectivity index (χ0) is 15.5. The topological polar surface area (TPSA) is 40.1 Å². The molecule has 1 aliphatic heterocycles. The van der Waals surface area contributed by atoms with Gasteiger partial charge in [-0.1, -0.05) is 6.92 Å². The molecule has 0 unspecified atom stereocenters. The molecule has 1 heterocycles. The number of aliphatic imine (C=N–C) groups is 1. The van der Waals surface area contributed by atoms with Crippen molar-refractivity contribution in [2.75, 3.05) is 60.0 Å². The summed E-state index contributed by atoms with van der Waals surface area (Å²) in [6.45, 7) is 11.1. The van der Waals surface area contributed by atoms with Gasteiger partial charge < -0.3 is 19.9 Å². The monoisotopic (exact) mass is 426 g/mol. The smallest absolute Gasteiger partial charge is 0.193 e. The molecule has 0 atom stereocenters. The van der Waals surface area contributed by atoms with Crippen molar-refractivity contribution in [1.29, 1.82) is 0 Å². The lowest BCUT2D eigenvalue weighted by molar-refractivity contribution is 0.0625. The Labute approximate surface area is 153 Å². The van der Waals surface area contributed by atoms with E-state index in [4.69, 9.17) is 9.73 Å². The van der Waals surface area contributed by atoms with E-state index in [0.717, 1.165) is 57.8 Å². The fraction of sp³-hybridized carbons (Fsp3) is 0.938. The van der Waals surface area contributed by atoms with Crippen LogP contribution in [0.25, 0.3) is 0 Å². The van der Waals surface area contributed by atoms with Crippen molar-refractivity contribution in [2.24, 2.45) is 10.9 Å². The summed E-state index contributed by atoms with van der Waals surface area (Å²) in [4.78, 5) is 9.29. The minimum absolute atomic E-state index is 0. The van der Waals surface area contributed by atoms with Crippen LogP contribution in [0.3, 0.4) is 0 Å². The number of ether oxygens (including phenoxy) is 1. The van der Waals surface area contributed by atoms with Gasteiger partial charge in [-0.05, 0) is 45.7 Å². The molecule has 6 heteroatoms. The molecule has 1 saturated heterocycles. The normalized spacial score (nSPS) is 16.5. The van der Waals surface area contributed by atoms with E-state index in [0.29, 0.717) is 0 Å². The second kappa shape index (κ2) is 13.4. The third-order valence-corrected chi connectivity index (χ3v) is 4.19. The van der Waals surface area contributed by atoms with Crippen molar-refractivity contribution in [1.82, 2.24) is 15.1 Å². The van der Waals surface area contributed by atoms with E-state index in [2.05, 4.69) is 43.1 Å². The van der Waals surface area contributed by atoms with Gasteiger partial charge in [-0.2, -0.15) is 0 Å². The van der Waals surface area contributed by atoms with E-state index in [-0.39, 0.29) is 24.0 Å². The molecule has 0 radical (unpaired) electrons. The lowest BCUT2D eigenvalue weighted by atomic mass is 9.96. The number of guanidine groups is 1. The van der Waals surface area contributed by atoms with Gasteiger partial charge in [0.1, 0.15) is 0 Å². The second-order valence-electron chi connectivity index (χ2n) is 5.90. The van der Waals surface area contributed by atoms with Gasteiger partial charge in [0.15, 0.2) is 5.96 Å². The Morgan fingerprint density at radius 3 is 2.45 bits per heavy atom. The molecular weight excluding hydrogens is 391 g/mol. The number of hydrogen-bond donors (Lipinski definition) is 1. The summed E-state index contributed by atoms with van der Waals surface area (Å²) in [5.41, 5.74) is 0. The summed E-state index contributed by atoms with van der Waals surface area (Å²) in [7, 11) is 4.28. The summed E-state index contributed by atoms with van der Waals surface area (Å²) in [5.74, 6) is 1.85. The van der Waals surface area contributed by atoms with Crippen LogP contribution in [0.2, 0.25) is 0 Å². The van der Waals surface area contributed by atoms with Crippen molar-refractivity contribution in [2.45, 2.75) is 33.1 Å². The van der Waals surface area contributed by atoms with Crippen LogP contribution in [0.1, 0.15) is 33.1 Å². The van der Waals surface area contributed by atoms with Gasteiger partial charge >= 0.3 is 0 Å². The first kappa shape index (κ1) is 21.9. The Balaban J connectivity index is 0.00000441. The largest absolute Gasteiger partial charge is 0.381 e. The zero-order valence-electron chi connectivity index (χ0n) is 14.8. The molecular formula is C16H35IN4O. The molecule has 0 aromatic carbocycles. The van der Waals surface area contributed by atoms with Crippen LogP contribution in [0.15, 0.2) is 4.99 Å². The van der Waals surface area contributed by atoms with Crippen LogP contribution < -0.4 is 5.32 Å². The van der Waals surface area contributed by atoms with E-state index in [1.807, 2.05) is 0 Å². The molecule has 0 aromatic heterocycles. The van der Waals surface area contributed by atoms with Crippen LogP contribution in [-0.4, -0.2) is 75.8 Å². The molecule has 0 spiro atoms. The Morgan fingerprint density at radius 1 is 1.18 bits per heavy atom. The number of likely N-dealkylation sites (N-methyl/N-ethyl adjacent to an activating group) is 1. The fourth-order valence-electron chi connectivity index (χ4n) is 2.47. The number of hydrogen-bond acceptors (Lipinski definition) is 3. The molecule has 1 fully saturated rings. The van der Waals surface area contributed by atoms with Gasteiger partial charge in [-0.15, -0.1) is 24.0 Å². The maximum Gasteiger partial charge on any atom is 0.193 e. The van der Waals surface area contributed by atoms with Crippen molar-refractivity contribution < 1.29 is 4.74 Å². The van der Waals surface area contributed by atoms with Crippen LogP contribution in [0.5, 0.6) is 0 Å². The van der Waals surface area contributed by atoms with Gasteiger partial charge in [0.2, 0.25) is 0 Å². The summed E-state index contributed by atoms with van der Waals surface area (Å²) < 4.78 is 5.42. The highest BCUT2D eigenvalue weighted by Gasteiger charge is 2.15. The highest BCUT2D eigenvalue weighted by atomic mass is 127.